The number of piperazine rings is 1. The summed E-state index contributed by atoms with van der Waals surface area (Å²) in [4.78, 5) is 4.52. The number of anilines is 1. The molecule has 2 aromatic carbocycles. The third kappa shape index (κ3) is 4.61. The predicted octanol–water partition coefficient (Wildman–Crippen LogP) is 3.98. The van der Waals surface area contributed by atoms with Crippen molar-refractivity contribution in [1.82, 2.24) is 10.2 Å². The van der Waals surface area contributed by atoms with Crippen LogP contribution >= 0.6 is 23.8 Å². The fourth-order valence-electron chi connectivity index (χ4n) is 2.97. The second-order valence-electron chi connectivity index (χ2n) is 6.19. The van der Waals surface area contributed by atoms with Crippen LogP contribution in [0.1, 0.15) is 11.1 Å². The van der Waals surface area contributed by atoms with Crippen LogP contribution in [0.15, 0.2) is 42.5 Å². The van der Waals surface area contributed by atoms with Crippen molar-refractivity contribution in [1.29, 1.82) is 0 Å². The van der Waals surface area contributed by atoms with Crippen LogP contribution in [-0.4, -0.2) is 36.2 Å². The number of nitrogens with one attached hydrogen (secondary N) is 1. The van der Waals surface area contributed by atoms with Gasteiger partial charge in [0.25, 0.3) is 0 Å². The van der Waals surface area contributed by atoms with Crippen molar-refractivity contribution in [3.05, 3.63) is 64.4 Å². The lowest BCUT2D eigenvalue weighted by Gasteiger charge is -2.38. The van der Waals surface area contributed by atoms with E-state index in [9.17, 15) is 4.39 Å². The van der Waals surface area contributed by atoms with Gasteiger partial charge in [-0.25, -0.2) is 4.39 Å². The summed E-state index contributed by atoms with van der Waals surface area (Å²) in [7, 11) is 0. The molecule has 3 nitrogen and oxygen atoms in total. The summed E-state index contributed by atoms with van der Waals surface area (Å²) in [5.41, 5.74) is 3.43. The maximum absolute atomic E-state index is 12.9. The molecule has 1 aliphatic rings. The second-order valence-corrected chi connectivity index (χ2v) is 7.01. The van der Waals surface area contributed by atoms with E-state index >= 15 is 0 Å². The van der Waals surface area contributed by atoms with Crippen LogP contribution in [0.25, 0.3) is 0 Å². The average Bonchev–Trinajstić information content (AvgIpc) is 2.63. The van der Waals surface area contributed by atoms with Gasteiger partial charge in [-0.05, 0) is 54.5 Å². The van der Waals surface area contributed by atoms with Gasteiger partial charge in [0.05, 0.1) is 0 Å². The van der Waals surface area contributed by atoms with Crippen LogP contribution < -0.4 is 10.2 Å². The van der Waals surface area contributed by atoms with E-state index in [1.54, 1.807) is 12.1 Å². The van der Waals surface area contributed by atoms with E-state index in [1.807, 2.05) is 12.1 Å². The van der Waals surface area contributed by atoms with Gasteiger partial charge in [0.2, 0.25) is 0 Å². The smallest absolute Gasteiger partial charge is 0.169 e. The number of rotatable bonds is 3. The molecule has 132 valence electrons. The van der Waals surface area contributed by atoms with Gasteiger partial charge in [0, 0.05) is 43.4 Å². The lowest BCUT2D eigenvalue weighted by Crippen LogP contribution is -2.51. The molecule has 0 amide bonds. The Labute approximate surface area is 158 Å². The molecule has 2 aromatic rings. The average molecular weight is 378 g/mol. The van der Waals surface area contributed by atoms with E-state index < -0.39 is 0 Å². The van der Waals surface area contributed by atoms with E-state index in [4.69, 9.17) is 23.8 Å². The summed E-state index contributed by atoms with van der Waals surface area (Å²) in [5.74, 6) is -0.223. The third-order valence-electron chi connectivity index (χ3n) is 4.44. The minimum atomic E-state index is -0.223. The number of hydrogen-bond acceptors (Lipinski definition) is 2. The first-order chi connectivity index (χ1) is 12.0. The topological polar surface area (TPSA) is 18.5 Å². The van der Waals surface area contributed by atoms with Gasteiger partial charge >= 0.3 is 0 Å². The molecule has 25 heavy (non-hydrogen) atoms. The molecule has 0 unspecified atom stereocenters. The summed E-state index contributed by atoms with van der Waals surface area (Å²) in [6, 6.07) is 12.5. The first kappa shape index (κ1) is 18.0. The molecule has 0 atom stereocenters. The van der Waals surface area contributed by atoms with Crippen LogP contribution in [0.5, 0.6) is 0 Å². The Bertz CT molecular complexity index is 743. The summed E-state index contributed by atoms with van der Waals surface area (Å²) < 4.78 is 12.9. The largest absolute Gasteiger partial charge is 0.368 e. The first-order valence-corrected chi connectivity index (χ1v) is 9.10. The zero-order valence-corrected chi connectivity index (χ0v) is 15.7. The molecule has 1 saturated heterocycles. The van der Waals surface area contributed by atoms with Gasteiger partial charge in [-0.1, -0.05) is 29.8 Å². The normalized spacial score (nSPS) is 14.5. The molecule has 1 aliphatic heterocycles. The SMILES string of the molecule is Cc1ccc(Cl)cc1N1CCN(C(=S)NCc2ccc(F)cc2)CC1. The minimum Gasteiger partial charge on any atom is -0.368 e. The molecule has 0 aliphatic carbocycles. The predicted molar refractivity (Wildman–Crippen MR) is 106 cm³/mol. The molecule has 0 radical (unpaired) electrons. The minimum absolute atomic E-state index is 0.223. The first-order valence-electron chi connectivity index (χ1n) is 8.31. The highest BCUT2D eigenvalue weighted by Crippen LogP contribution is 2.25. The van der Waals surface area contributed by atoms with Gasteiger partial charge in [-0.2, -0.15) is 0 Å². The van der Waals surface area contributed by atoms with Gasteiger partial charge < -0.3 is 15.1 Å². The molecule has 1 fully saturated rings. The maximum Gasteiger partial charge on any atom is 0.169 e. The van der Waals surface area contributed by atoms with Gasteiger partial charge in [0.15, 0.2) is 5.11 Å². The van der Waals surface area contributed by atoms with Gasteiger partial charge in [0.1, 0.15) is 5.82 Å². The Morgan fingerprint density at radius 2 is 1.80 bits per heavy atom. The zero-order chi connectivity index (χ0) is 17.8. The molecular formula is C19H21ClFN3S. The molecule has 6 heteroatoms. The lowest BCUT2D eigenvalue weighted by molar-refractivity contribution is 0.380. The van der Waals surface area contributed by atoms with Gasteiger partial charge in [-0.15, -0.1) is 0 Å². The number of thiocarbonyl (C=S) groups is 1. The molecule has 3 rings (SSSR count). The highest BCUT2D eigenvalue weighted by atomic mass is 35.5. The number of benzene rings is 2. The Hall–Kier alpha value is -1.85. The Balaban J connectivity index is 1.52. The van der Waals surface area contributed by atoms with Crippen LogP contribution in [0, 0.1) is 12.7 Å². The fourth-order valence-corrected chi connectivity index (χ4v) is 3.39. The zero-order valence-electron chi connectivity index (χ0n) is 14.1. The number of nitrogens with zero attached hydrogens (tertiary/aromatic N) is 2. The molecule has 0 aromatic heterocycles. The van der Waals surface area contributed by atoms with Crippen molar-refractivity contribution < 1.29 is 4.39 Å². The van der Waals surface area contributed by atoms with Gasteiger partial charge in [-0.3, -0.25) is 0 Å². The Morgan fingerprint density at radius 1 is 1.12 bits per heavy atom. The molecule has 1 heterocycles. The second kappa shape index (κ2) is 8.02. The quantitative estimate of drug-likeness (QED) is 0.815. The third-order valence-corrected chi connectivity index (χ3v) is 5.07. The van der Waals surface area contributed by atoms with E-state index in [1.165, 1.54) is 23.4 Å². The summed E-state index contributed by atoms with van der Waals surface area (Å²) in [6.45, 7) is 6.24. The fraction of sp³-hybridized carbons (Fsp3) is 0.316. The van der Waals surface area contributed by atoms with Crippen LogP contribution in [0.3, 0.4) is 0 Å². The number of halogens is 2. The van der Waals surface area contributed by atoms with E-state index in [0.717, 1.165) is 41.9 Å². The highest BCUT2D eigenvalue weighted by molar-refractivity contribution is 7.80. The Kier molecular flexibility index (Phi) is 5.76. The van der Waals surface area contributed by atoms with Crippen molar-refractivity contribution in [2.75, 3.05) is 31.1 Å². The standard InChI is InChI=1S/C19H21ClFN3S/c1-14-2-5-16(20)12-18(14)23-8-10-24(11-9-23)19(25)22-13-15-3-6-17(21)7-4-15/h2-7,12H,8-11,13H2,1H3,(H,22,25). The van der Waals surface area contributed by atoms with E-state index in [2.05, 4.69) is 28.1 Å². The van der Waals surface area contributed by atoms with E-state index in [0.29, 0.717) is 6.54 Å². The maximum atomic E-state index is 12.9. The molecule has 1 N–H and O–H groups in total. The number of hydrogen-bond donors (Lipinski definition) is 1. The summed E-state index contributed by atoms with van der Waals surface area (Å²) in [5, 5.41) is 4.76. The summed E-state index contributed by atoms with van der Waals surface area (Å²) in [6.07, 6.45) is 0. The van der Waals surface area contributed by atoms with Crippen molar-refractivity contribution >= 4 is 34.6 Å². The molecule has 0 spiro atoms. The molecule has 0 saturated carbocycles. The summed E-state index contributed by atoms with van der Waals surface area (Å²) >= 11 is 11.6. The van der Waals surface area contributed by atoms with Crippen molar-refractivity contribution in [2.24, 2.45) is 0 Å². The van der Waals surface area contributed by atoms with Crippen molar-refractivity contribution in [3.8, 4) is 0 Å². The van der Waals surface area contributed by atoms with E-state index in [-0.39, 0.29) is 5.82 Å². The van der Waals surface area contributed by atoms with Crippen molar-refractivity contribution in [3.63, 3.8) is 0 Å². The van der Waals surface area contributed by atoms with Crippen LogP contribution in [0.4, 0.5) is 10.1 Å². The van der Waals surface area contributed by atoms with Crippen molar-refractivity contribution in [2.45, 2.75) is 13.5 Å². The van der Waals surface area contributed by atoms with Crippen LogP contribution in [0.2, 0.25) is 5.02 Å². The number of aryl methyl sites for hydroxylation is 1. The van der Waals surface area contributed by atoms with Crippen LogP contribution in [-0.2, 0) is 6.54 Å². The Morgan fingerprint density at radius 3 is 2.48 bits per heavy atom. The monoisotopic (exact) mass is 377 g/mol. The lowest BCUT2D eigenvalue weighted by atomic mass is 10.1. The highest BCUT2D eigenvalue weighted by Gasteiger charge is 2.20. The molecule has 0 bridgehead atoms. The molecular weight excluding hydrogens is 357 g/mol.